The van der Waals surface area contributed by atoms with Crippen LogP contribution in [0.25, 0.3) is 11.2 Å². The number of fused-ring (bicyclic) bond motifs is 1. The van der Waals surface area contributed by atoms with E-state index in [9.17, 15) is 4.79 Å². The van der Waals surface area contributed by atoms with Crippen molar-refractivity contribution in [2.24, 2.45) is 0 Å². The Kier molecular flexibility index (Phi) is 5.82. The lowest BCUT2D eigenvalue weighted by atomic mass is 10.2. The van der Waals surface area contributed by atoms with Crippen LogP contribution in [0, 0.1) is 4.64 Å². The second-order valence-electron chi connectivity index (χ2n) is 7.49. The lowest BCUT2D eigenvalue weighted by Gasteiger charge is -2.13. The van der Waals surface area contributed by atoms with Crippen LogP contribution in [0.2, 0.25) is 10.0 Å². The van der Waals surface area contributed by atoms with E-state index in [1.165, 1.54) is 0 Å². The van der Waals surface area contributed by atoms with Crippen molar-refractivity contribution in [2.45, 2.75) is 32.9 Å². The first-order valence-electron chi connectivity index (χ1n) is 9.55. The maximum Gasteiger partial charge on any atom is 0.331 e. The Labute approximate surface area is 188 Å². The number of imidazole rings is 1. The summed E-state index contributed by atoms with van der Waals surface area (Å²) in [6, 6.07) is 14.8. The van der Waals surface area contributed by atoms with Crippen molar-refractivity contribution in [3.63, 3.8) is 0 Å². The zero-order chi connectivity index (χ0) is 21.4. The summed E-state index contributed by atoms with van der Waals surface area (Å²) in [6.07, 6.45) is 0. The molecule has 0 unspecified atom stereocenters. The molecule has 2 aromatic heterocycles. The minimum absolute atomic E-state index is 0.176. The Balaban J connectivity index is 1.90. The lowest BCUT2D eigenvalue weighted by molar-refractivity contribution is 0.641. The Morgan fingerprint density at radius 3 is 1.93 bits per heavy atom. The fourth-order valence-electron chi connectivity index (χ4n) is 3.28. The molecule has 8 heteroatoms. The van der Waals surface area contributed by atoms with Gasteiger partial charge in [-0.05, 0) is 35.4 Å². The number of hydrogen-bond acceptors (Lipinski definition) is 3. The van der Waals surface area contributed by atoms with Crippen LogP contribution in [0.15, 0.2) is 53.3 Å². The first-order chi connectivity index (χ1) is 14.3. The molecule has 1 N–H and O–H groups in total. The molecule has 0 atom stereocenters. The number of halogens is 2. The zero-order valence-electron chi connectivity index (χ0n) is 16.5. The van der Waals surface area contributed by atoms with Gasteiger partial charge in [-0.25, -0.2) is 9.78 Å². The quantitative estimate of drug-likeness (QED) is 0.385. The van der Waals surface area contributed by atoms with Gasteiger partial charge in [-0.15, -0.1) is 0 Å². The number of rotatable bonds is 5. The van der Waals surface area contributed by atoms with Gasteiger partial charge in [0.25, 0.3) is 0 Å². The molecule has 0 saturated heterocycles. The summed E-state index contributed by atoms with van der Waals surface area (Å²) in [6.45, 7) is 4.81. The largest absolute Gasteiger partial charge is 0.338 e. The SMILES string of the molecule is CC(C)c1nc2c([nH]1)c(=S)n(Cc1ccc(Cl)cc1)c(=O)n2Cc1ccc(Cl)cc1. The maximum atomic E-state index is 13.5. The number of nitrogens with zero attached hydrogens (tertiary/aromatic N) is 3. The fourth-order valence-corrected chi connectivity index (χ4v) is 3.82. The lowest BCUT2D eigenvalue weighted by Crippen LogP contribution is -2.32. The molecule has 154 valence electrons. The molecule has 0 aliphatic carbocycles. The predicted molar refractivity (Wildman–Crippen MR) is 124 cm³/mol. The normalized spacial score (nSPS) is 11.5. The molecule has 0 saturated carbocycles. The smallest absolute Gasteiger partial charge is 0.331 e. The highest BCUT2D eigenvalue weighted by Gasteiger charge is 2.17. The highest BCUT2D eigenvalue weighted by Crippen LogP contribution is 2.19. The van der Waals surface area contributed by atoms with Gasteiger partial charge in [0, 0.05) is 16.0 Å². The highest BCUT2D eigenvalue weighted by atomic mass is 35.5. The van der Waals surface area contributed by atoms with Gasteiger partial charge >= 0.3 is 5.69 Å². The van der Waals surface area contributed by atoms with E-state index in [-0.39, 0.29) is 11.6 Å². The minimum Gasteiger partial charge on any atom is -0.338 e. The van der Waals surface area contributed by atoms with E-state index in [1.54, 1.807) is 21.3 Å². The van der Waals surface area contributed by atoms with Gasteiger partial charge in [-0.3, -0.25) is 9.13 Å². The van der Waals surface area contributed by atoms with E-state index < -0.39 is 0 Å². The number of aromatic amines is 1. The van der Waals surface area contributed by atoms with Crippen LogP contribution in [0.4, 0.5) is 0 Å². The molecule has 4 aromatic rings. The van der Waals surface area contributed by atoms with Gasteiger partial charge in [0.05, 0.1) is 13.1 Å². The topological polar surface area (TPSA) is 55.6 Å². The summed E-state index contributed by atoms with van der Waals surface area (Å²) in [5.41, 5.74) is 2.94. The van der Waals surface area contributed by atoms with Crippen molar-refractivity contribution < 1.29 is 0 Å². The van der Waals surface area contributed by atoms with Crippen LogP contribution in [0.5, 0.6) is 0 Å². The summed E-state index contributed by atoms with van der Waals surface area (Å²) in [5.74, 6) is 0.972. The average Bonchev–Trinajstić information content (AvgIpc) is 3.17. The van der Waals surface area contributed by atoms with E-state index in [0.29, 0.717) is 38.9 Å². The third kappa shape index (κ3) is 4.08. The van der Waals surface area contributed by atoms with Crippen LogP contribution >= 0.6 is 35.4 Å². The molecule has 0 amide bonds. The predicted octanol–water partition coefficient (Wildman–Crippen LogP) is 5.78. The monoisotopic (exact) mass is 458 g/mol. The Morgan fingerprint density at radius 1 is 0.933 bits per heavy atom. The molecule has 0 spiro atoms. The standard InChI is InChI=1S/C22H20Cl2N4OS/c1-13(2)19-25-18-20(26-19)27(11-14-3-7-16(23)8-4-14)22(29)28(21(18)30)12-15-5-9-17(24)10-6-15/h3-10,13H,11-12H2,1-2H3,(H,25,26). The summed E-state index contributed by atoms with van der Waals surface area (Å²) in [4.78, 5) is 21.5. The van der Waals surface area contributed by atoms with E-state index in [1.807, 2.05) is 50.2 Å². The first-order valence-corrected chi connectivity index (χ1v) is 10.7. The van der Waals surface area contributed by atoms with Gasteiger partial charge in [0.15, 0.2) is 5.65 Å². The van der Waals surface area contributed by atoms with Crippen LogP contribution in [0.1, 0.15) is 36.7 Å². The van der Waals surface area contributed by atoms with Gasteiger partial charge in [0.1, 0.15) is 16.0 Å². The number of benzene rings is 2. The van der Waals surface area contributed by atoms with Gasteiger partial charge in [-0.2, -0.15) is 0 Å². The maximum absolute atomic E-state index is 13.5. The number of aromatic nitrogens is 4. The molecular formula is C22H20Cl2N4OS. The molecule has 4 rings (SSSR count). The third-order valence-corrected chi connectivity index (χ3v) is 5.86. The van der Waals surface area contributed by atoms with Crippen LogP contribution in [-0.2, 0) is 13.1 Å². The van der Waals surface area contributed by atoms with Gasteiger partial charge in [0.2, 0.25) is 0 Å². The molecule has 0 aliphatic heterocycles. The molecule has 0 bridgehead atoms. The summed E-state index contributed by atoms with van der Waals surface area (Å²) < 4.78 is 3.70. The molecule has 0 aliphatic rings. The van der Waals surface area contributed by atoms with E-state index >= 15 is 0 Å². The molecule has 2 heterocycles. The Hall–Kier alpha value is -2.41. The second-order valence-corrected chi connectivity index (χ2v) is 8.75. The Bertz CT molecular complexity index is 1320. The summed E-state index contributed by atoms with van der Waals surface area (Å²) in [5, 5.41) is 1.30. The van der Waals surface area contributed by atoms with Crippen LogP contribution in [-0.4, -0.2) is 19.1 Å². The van der Waals surface area contributed by atoms with E-state index in [4.69, 9.17) is 40.4 Å². The van der Waals surface area contributed by atoms with E-state index in [2.05, 4.69) is 4.98 Å². The molecule has 0 radical (unpaired) electrons. The minimum atomic E-state index is -0.209. The number of nitrogens with one attached hydrogen (secondary N) is 1. The van der Waals surface area contributed by atoms with Crippen molar-refractivity contribution in [3.8, 4) is 0 Å². The summed E-state index contributed by atoms with van der Waals surface area (Å²) in [7, 11) is 0. The number of hydrogen-bond donors (Lipinski definition) is 1. The molecular weight excluding hydrogens is 439 g/mol. The van der Waals surface area contributed by atoms with Crippen molar-refractivity contribution in [1.29, 1.82) is 0 Å². The van der Waals surface area contributed by atoms with Gasteiger partial charge in [-0.1, -0.05) is 73.5 Å². The molecule has 30 heavy (non-hydrogen) atoms. The van der Waals surface area contributed by atoms with Crippen molar-refractivity contribution >= 4 is 46.6 Å². The van der Waals surface area contributed by atoms with Crippen molar-refractivity contribution in [1.82, 2.24) is 19.1 Å². The average molecular weight is 459 g/mol. The van der Waals surface area contributed by atoms with Crippen molar-refractivity contribution in [2.75, 3.05) is 0 Å². The first kappa shape index (κ1) is 20.8. The molecule has 5 nitrogen and oxygen atoms in total. The van der Waals surface area contributed by atoms with Crippen LogP contribution in [0.3, 0.4) is 0 Å². The van der Waals surface area contributed by atoms with E-state index in [0.717, 1.165) is 17.0 Å². The molecule has 2 aromatic carbocycles. The van der Waals surface area contributed by atoms with Crippen molar-refractivity contribution in [3.05, 3.63) is 90.7 Å². The Morgan fingerprint density at radius 2 is 1.43 bits per heavy atom. The van der Waals surface area contributed by atoms with Crippen LogP contribution < -0.4 is 5.69 Å². The van der Waals surface area contributed by atoms with Gasteiger partial charge < -0.3 is 4.98 Å². The zero-order valence-corrected chi connectivity index (χ0v) is 18.9. The number of H-pyrrole nitrogens is 1. The molecule has 0 fully saturated rings. The second kappa shape index (κ2) is 8.38. The fraction of sp³-hybridized carbons (Fsp3) is 0.227. The highest BCUT2D eigenvalue weighted by molar-refractivity contribution is 7.71. The third-order valence-electron chi connectivity index (χ3n) is 4.93. The summed E-state index contributed by atoms with van der Waals surface area (Å²) >= 11 is 17.7.